The minimum absolute atomic E-state index is 0.0835. The zero-order valence-corrected chi connectivity index (χ0v) is 10.9. The highest BCUT2D eigenvalue weighted by Gasteiger charge is 2.27. The number of carbonyl (C=O) groups excluding carboxylic acids is 1. The van der Waals surface area contributed by atoms with Gasteiger partial charge in [-0.3, -0.25) is 4.79 Å². The predicted molar refractivity (Wildman–Crippen MR) is 67.2 cm³/mol. The molecule has 1 amide bonds. The lowest BCUT2D eigenvalue weighted by atomic mass is 10.3. The first-order valence-corrected chi connectivity index (χ1v) is 7.17. The van der Waals surface area contributed by atoms with Crippen LogP contribution >= 0.6 is 0 Å². The fourth-order valence-corrected chi connectivity index (χ4v) is 3.26. The normalized spacial score (nSPS) is 17.8. The van der Waals surface area contributed by atoms with Gasteiger partial charge in [-0.25, -0.2) is 12.8 Å². The molecule has 1 saturated heterocycles. The maximum Gasteiger partial charge on any atom is 0.243 e. The number of rotatable bonds is 2. The van der Waals surface area contributed by atoms with Crippen molar-refractivity contribution in [1.29, 1.82) is 0 Å². The molecule has 0 radical (unpaired) electrons. The van der Waals surface area contributed by atoms with E-state index in [4.69, 9.17) is 5.73 Å². The van der Waals surface area contributed by atoms with Crippen LogP contribution in [0.4, 0.5) is 10.1 Å². The van der Waals surface area contributed by atoms with Crippen molar-refractivity contribution in [3.8, 4) is 0 Å². The first-order chi connectivity index (χ1) is 8.91. The first kappa shape index (κ1) is 13.8. The standard InChI is InChI=1S/C11H14FN3O3S/c12-9-7-8(1-2-10(9)13)19(17,18)15-5-3-11(16)14-4-6-15/h1-2,7H,3-6,13H2,(H,14,16). The molecule has 0 unspecified atom stereocenters. The van der Waals surface area contributed by atoms with Crippen LogP contribution in [0.1, 0.15) is 6.42 Å². The molecule has 0 atom stereocenters. The van der Waals surface area contributed by atoms with Gasteiger partial charge in [0.1, 0.15) is 5.82 Å². The summed E-state index contributed by atoms with van der Waals surface area (Å²) in [4.78, 5) is 11.0. The van der Waals surface area contributed by atoms with Crippen LogP contribution in [0.3, 0.4) is 0 Å². The molecule has 0 aliphatic carbocycles. The number of amides is 1. The van der Waals surface area contributed by atoms with Crippen LogP contribution in [-0.4, -0.2) is 38.3 Å². The predicted octanol–water partition coefficient (Wildman–Crippen LogP) is -0.0815. The van der Waals surface area contributed by atoms with Crippen LogP contribution in [0.25, 0.3) is 0 Å². The molecule has 104 valence electrons. The molecular weight excluding hydrogens is 273 g/mol. The number of sulfonamides is 1. The molecule has 1 aromatic carbocycles. The third-order valence-electron chi connectivity index (χ3n) is 2.88. The van der Waals surface area contributed by atoms with E-state index in [1.807, 2.05) is 0 Å². The molecule has 3 N–H and O–H groups in total. The van der Waals surface area contributed by atoms with Gasteiger partial charge in [0.15, 0.2) is 0 Å². The van der Waals surface area contributed by atoms with Crippen molar-refractivity contribution in [2.45, 2.75) is 11.3 Å². The number of nitrogen functional groups attached to an aromatic ring is 1. The maximum absolute atomic E-state index is 13.3. The number of hydrogen-bond acceptors (Lipinski definition) is 4. The van der Waals surface area contributed by atoms with Crippen LogP contribution in [0.2, 0.25) is 0 Å². The lowest BCUT2D eigenvalue weighted by Gasteiger charge is -2.19. The fraction of sp³-hybridized carbons (Fsp3) is 0.364. The van der Waals surface area contributed by atoms with Gasteiger partial charge in [-0.2, -0.15) is 4.31 Å². The highest BCUT2D eigenvalue weighted by Crippen LogP contribution is 2.20. The topological polar surface area (TPSA) is 92.5 Å². The minimum Gasteiger partial charge on any atom is -0.396 e. The van der Waals surface area contributed by atoms with E-state index in [0.29, 0.717) is 0 Å². The average Bonchev–Trinajstić information content (AvgIpc) is 2.57. The van der Waals surface area contributed by atoms with Crippen molar-refractivity contribution in [3.63, 3.8) is 0 Å². The number of benzene rings is 1. The lowest BCUT2D eigenvalue weighted by Crippen LogP contribution is -2.34. The van der Waals surface area contributed by atoms with E-state index >= 15 is 0 Å². The molecule has 8 heteroatoms. The Balaban J connectivity index is 2.30. The molecule has 1 aliphatic heterocycles. The van der Waals surface area contributed by atoms with Crippen molar-refractivity contribution < 1.29 is 17.6 Å². The van der Waals surface area contributed by atoms with Crippen LogP contribution in [0.5, 0.6) is 0 Å². The molecule has 0 saturated carbocycles. The van der Waals surface area contributed by atoms with Gasteiger partial charge in [-0.05, 0) is 18.2 Å². The number of anilines is 1. The van der Waals surface area contributed by atoms with E-state index in [0.717, 1.165) is 10.4 Å². The molecule has 0 aromatic heterocycles. The second kappa shape index (κ2) is 5.14. The average molecular weight is 287 g/mol. The van der Waals surface area contributed by atoms with Gasteiger partial charge in [-0.1, -0.05) is 0 Å². The van der Waals surface area contributed by atoms with E-state index in [-0.39, 0.29) is 42.5 Å². The monoisotopic (exact) mass is 287 g/mol. The second-order valence-electron chi connectivity index (χ2n) is 4.19. The molecule has 1 heterocycles. The van der Waals surface area contributed by atoms with Gasteiger partial charge in [0.2, 0.25) is 15.9 Å². The van der Waals surface area contributed by atoms with E-state index < -0.39 is 15.8 Å². The van der Waals surface area contributed by atoms with Gasteiger partial charge in [-0.15, -0.1) is 0 Å². The van der Waals surface area contributed by atoms with E-state index in [1.54, 1.807) is 0 Å². The van der Waals surface area contributed by atoms with E-state index in [9.17, 15) is 17.6 Å². The summed E-state index contributed by atoms with van der Waals surface area (Å²) in [6.07, 6.45) is 0.0939. The Kier molecular flexibility index (Phi) is 3.72. The molecule has 6 nitrogen and oxygen atoms in total. The highest BCUT2D eigenvalue weighted by atomic mass is 32.2. The lowest BCUT2D eigenvalue weighted by molar-refractivity contribution is -0.120. The largest absolute Gasteiger partial charge is 0.396 e. The quantitative estimate of drug-likeness (QED) is 0.744. The Morgan fingerprint density at radius 3 is 2.74 bits per heavy atom. The molecule has 0 bridgehead atoms. The van der Waals surface area contributed by atoms with Crippen LogP contribution in [0.15, 0.2) is 23.1 Å². The van der Waals surface area contributed by atoms with Crippen molar-refractivity contribution in [2.75, 3.05) is 25.4 Å². The molecular formula is C11H14FN3O3S. The number of nitrogens with one attached hydrogen (secondary N) is 1. The molecule has 1 aliphatic rings. The Bertz CT molecular complexity index is 603. The molecule has 1 fully saturated rings. The van der Waals surface area contributed by atoms with E-state index in [1.165, 1.54) is 12.1 Å². The van der Waals surface area contributed by atoms with Gasteiger partial charge in [0, 0.05) is 26.1 Å². The van der Waals surface area contributed by atoms with Crippen molar-refractivity contribution >= 4 is 21.6 Å². The summed E-state index contributed by atoms with van der Waals surface area (Å²) in [7, 11) is -3.80. The SMILES string of the molecule is Nc1ccc(S(=O)(=O)N2CCNC(=O)CC2)cc1F. The smallest absolute Gasteiger partial charge is 0.243 e. The summed E-state index contributed by atoms with van der Waals surface area (Å²) in [6.45, 7) is 0.496. The summed E-state index contributed by atoms with van der Waals surface area (Å²) < 4.78 is 39.1. The van der Waals surface area contributed by atoms with Gasteiger partial charge < -0.3 is 11.1 Å². The Hall–Kier alpha value is -1.67. The third-order valence-corrected chi connectivity index (χ3v) is 4.78. The molecule has 19 heavy (non-hydrogen) atoms. The zero-order valence-electron chi connectivity index (χ0n) is 10.1. The minimum atomic E-state index is -3.80. The van der Waals surface area contributed by atoms with Crippen LogP contribution < -0.4 is 11.1 Å². The number of hydrogen-bond donors (Lipinski definition) is 2. The van der Waals surface area contributed by atoms with Crippen molar-refractivity contribution in [1.82, 2.24) is 9.62 Å². The summed E-state index contributed by atoms with van der Waals surface area (Å²) in [5, 5.41) is 2.58. The van der Waals surface area contributed by atoms with Crippen molar-refractivity contribution in [2.24, 2.45) is 0 Å². The van der Waals surface area contributed by atoms with Gasteiger partial charge >= 0.3 is 0 Å². The second-order valence-corrected chi connectivity index (χ2v) is 6.13. The van der Waals surface area contributed by atoms with E-state index in [2.05, 4.69) is 5.32 Å². The Labute approximate surface area is 110 Å². The number of nitrogens with zero attached hydrogens (tertiary/aromatic N) is 1. The molecule has 1 aromatic rings. The van der Waals surface area contributed by atoms with Crippen LogP contribution in [-0.2, 0) is 14.8 Å². The molecule has 2 rings (SSSR count). The third kappa shape index (κ3) is 2.85. The summed E-state index contributed by atoms with van der Waals surface area (Å²) in [5.74, 6) is -0.966. The van der Waals surface area contributed by atoms with Crippen molar-refractivity contribution in [3.05, 3.63) is 24.0 Å². The Morgan fingerprint density at radius 1 is 1.32 bits per heavy atom. The zero-order chi connectivity index (χ0) is 14.0. The summed E-state index contributed by atoms with van der Waals surface area (Å²) in [5.41, 5.74) is 5.21. The Morgan fingerprint density at radius 2 is 2.05 bits per heavy atom. The molecule has 0 spiro atoms. The number of nitrogens with two attached hydrogens (primary N) is 1. The summed E-state index contributed by atoms with van der Waals surface area (Å²) >= 11 is 0. The fourth-order valence-electron chi connectivity index (χ4n) is 1.80. The van der Waals surface area contributed by atoms with Gasteiger partial charge in [0.05, 0.1) is 10.6 Å². The van der Waals surface area contributed by atoms with Crippen LogP contribution in [0, 0.1) is 5.82 Å². The summed E-state index contributed by atoms with van der Waals surface area (Å²) in [6, 6.07) is 3.36. The van der Waals surface area contributed by atoms with Gasteiger partial charge in [0.25, 0.3) is 0 Å². The maximum atomic E-state index is 13.3. The number of halogens is 1. The first-order valence-electron chi connectivity index (χ1n) is 5.73. The highest BCUT2D eigenvalue weighted by molar-refractivity contribution is 7.89. The number of carbonyl (C=O) groups is 1.